The number of allylic oxidation sites excluding steroid dienone is 2. The minimum Gasteiger partial charge on any atom is -0.451 e. The quantitative estimate of drug-likeness (QED) is 0.467. The molecule has 1 aromatic carbocycles. The maximum absolute atomic E-state index is 12.6. The Bertz CT molecular complexity index is 865. The Labute approximate surface area is 170 Å². The predicted molar refractivity (Wildman–Crippen MR) is 107 cm³/mol. The number of esters is 1. The number of anilines is 1. The van der Waals surface area contributed by atoms with Gasteiger partial charge in [0, 0.05) is 5.69 Å². The molecule has 0 aromatic heterocycles. The minimum absolute atomic E-state index is 0.346. The van der Waals surface area contributed by atoms with Gasteiger partial charge in [0.1, 0.15) is 6.04 Å². The zero-order chi connectivity index (χ0) is 21.3. The molecule has 0 saturated carbocycles. The molecule has 1 heterocycles. The van der Waals surface area contributed by atoms with Crippen molar-refractivity contribution in [3.05, 3.63) is 41.5 Å². The first-order valence-corrected chi connectivity index (χ1v) is 9.81. The lowest BCUT2D eigenvalue weighted by Crippen LogP contribution is -2.46. The average molecular weight is 398 g/mol. The number of hydrogen-bond donors (Lipinski definition) is 1. The highest BCUT2D eigenvalue weighted by molar-refractivity contribution is 6.08. The molecule has 0 bridgehead atoms. The summed E-state index contributed by atoms with van der Waals surface area (Å²) in [6, 6.07) is 4.59. The number of likely N-dealkylation sites (tertiary alicyclic amines) is 1. The fraction of sp³-hybridized carbons (Fsp3) is 0.455. The molecule has 3 amide bonds. The van der Waals surface area contributed by atoms with Crippen LogP contribution in [0.25, 0.3) is 0 Å². The van der Waals surface area contributed by atoms with E-state index in [1.165, 1.54) is 13.8 Å². The number of aryl methyl sites for hydroxylation is 2. The zero-order valence-corrected chi connectivity index (χ0v) is 17.1. The van der Waals surface area contributed by atoms with E-state index in [-0.39, 0.29) is 11.8 Å². The Balaban J connectivity index is 1.63. The highest BCUT2D eigenvalue weighted by atomic mass is 16.5. The van der Waals surface area contributed by atoms with Gasteiger partial charge >= 0.3 is 5.97 Å². The SMILES string of the molecule is Cc1ccc(C)c(NC(=O)[C@H](C)OC(=O)[C@H](C)N2C(=O)[C@H]3CC=CC[C@@H]3C2=O)c1. The Morgan fingerprint density at radius 2 is 1.66 bits per heavy atom. The van der Waals surface area contributed by atoms with Gasteiger partial charge < -0.3 is 10.1 Å². The van der Waals surface area contributed by atoms with Gasteiger partial charge in [0.15, 0.2) is 6.10 Å². The van der Waals surface area contributed by atoms with E-state index in [2.05, 4.69) is 5.32 Å². The maximum atomic E-state index is 12.6. The van der Waals surface area contributed by atoms with E-state index in [1.807, 2.05) is 44.2 Å². The molecule has 1 aliphatic carbocycles. The van der Waals surface area contributed by atoms with E-state index < -0.39 is 35.9 Å². The third-order valence-electron chi connectivity index (χ3n) is 5.58. The van der Waals surface area contributed by atoms with Gasteiger partial charge in [-0.1, -0.05) is 24.3 Å². The van der Waals surface area contributed by atoms with E-state index in [1.54, 1.807) is 0 Å². The van der Waals surface area contributed by atoms with Crippen molar-refractivity contribution in [3.63, 3.8) is 0 Å². The summed E-state index contributed by atoms with van der Waals surface area (Å²) in [4.78, 5) is 51.2. The van der Waals surface area contributed by atoms with E-state index in [4.69, 9.17) is 4.74 Å². The van der Waals surface area contributed by atoms with Gasteiger partial charge in [-0.3, -0.25) is 19.3 Å². The topological polar surface area (TPSA) is 92.8 Å². The van der Waals surface area contributed by atoms with Gasteiger partial charge in [-0.15, -0.1) is 0 Å². The maximum Gasteiger partial charge on any atom is 0.329 e. The third-order valence-corrected chi connectivity index (χ3v) is 5.58. The minimum atomic E-state index is -1.07. The lowest BCUT2D eigenvalue weighted by Gasteiger charge is -2.23. The molecule has 3 rings (SSSR count). The highest BCUT2D eigenvalue weighted by Gasteiger charge is 2.50. The van der Waals surface area contributed by atoms with Gasteiger partial charge in [-0.25, -0.2) is 4.79 Å². The van der Waals surface area contributed by atoms with E-state index in [9.17, 15) is 19.2 Å². The summed E-state index contributed by atoms with van der Waals surface area (Å²) in [5.74, 6) is -2.76. The summed E-state index contributed by atoms with van der Waals surface area (Å²) in [6.45, 7) is 6.70. The van der Waals surface area contributed by atoms with E-state index in [0.29, 0.717) is 18.5 Å². The Morgan fingerprint density at radius 3 is 2.24 bits per heavy atom. The molecule has 1 fully saturated rings. The Kier molecular flexibility index (Phi) is 5.86. The highest BCUT2D eigenvalue weighted by Crippen LogP contribution is 2.36. The molecule has 7 heteroatoms. The summed E-state index contributed by atoms with van der Waals surface area (Å²) in [5.41, 5.74) is 2.53. The van der Waals surface area contributed by atoms with E-state index >= 15 is 0 Å². The van der Waals surface area contributed by atoms with Crippen LogP contribution in [-0.2, 0) is 23.9 Å². The summed E-state index contributed by atoms with van der Waals surface area (Å²) < 4.78 is 5.27. The number of amides is 3. The molecule has 7 nitrogen and oxygen atoms in total. The van der Waals surface area contributed by atoms with Crippen LogP contribution in [0.3, 0.4) is 0 Å². The van der Waals surface area contributed by atoms with Crippen molar-refractivity contribution in [2.45, 2.75) is 52.7 Å². The standard InChI is InChI=1S/C22H26N2O5/c1-12-9-10-13(2)18(11-12)23-19(25)15(4)29-22(28)14(3)24-20(26)16-7-5-6-8-17(16)21(24)27/h5-6,9-11,14-17H,7-8H2,1-4H3,(H,23,25)/t14-,15-,16-,17-/m0/s1. The molecule has 1 saturated heterocycles. The van der Waals surface area contributed by atoms with Crippen molar-refractivity contribution in [1.82, 2.24) is 4.90 Å². The number of nitrogens with zero attached hydrogens (tertiary/aromatic N) is 1. The van der Waals surface area contributed by atoms with Crippen LogP contribution in [0.2, 0.25) is 0 Å². The van der Waals surface area contributed by atoms with Gasteiger partial charge in [0.2, 0.25) is 11.8 Å². The van der Waals surface area contributed by atoms with Gasteiger partial charge in [0.05, 0.1) is 11.8 Å². The van der Waals surface area contributed by atoms with Crippen LogP contribution in [0.5, 0.6) is 0 Å². The fourth-order valence-electron chi connectivity index (χ4n) is 3.74. The molecule has 0 unspecified atom stereocenters. The molecule has 2 aliphatic rings. The van der Waals surface area contributed by atoms with Crippen LogP contribution >= 0.6 is 0 Å². The van der Waals surface area contributed by atoms with Crippen molar-refractivity contribution in [1.29, 1.82) is 0 Å². The predicted octanol–water partition coefficient (Wildman–Crippen LogP) is 2.51. The lowest BCUT2D eigenvalue weighted by atomic mass is 9.85. The zero-order valence-electron chi connectivity index (χ0n) is 17.1. The number of fused-ring (bicyclic) bond motifs is 1. The summed E-state index contributed by atoms with van der Waals surface area (Å²) >= 11 is 0. The number of carbonyl (C=O) groups excluding carboxylic acids is 4. The van der Waals surface area contributed by atoms with Crippen molar-refractivity contribution in [2.75, 3.05) is 5.32 Å². The van der Waals surface area contributed by atoms with E-state index in [0.717, 1.165) is 16.0 Å². The number of carbonyl (C=O) groups is 4. The monoisotopic (exact) mass is 398 g/mol. The Hall–Kier alpha value is -2.96. The second-order valence-electron chi connectivity index (χ2n) is 7.76. The molecular weight excluding hydrogens is 372 g/mol. The normalized spacial score (nSPS) is 22.8. The first-order valence-electron chi connectivity index (χ1n) is 9.81. The van der Waals surface area contributed by atoms with Crippen LogP contribution in [-0.4, -0.2) is 40.7 Å². The third kappa shape index (κ3) is 4.09. The molecule has 0 radical (unpaired) electrons. The number of hydrogen-bond acceptors (Lipinski definition) is 5. The molecule has 1 aromatic rings. The van der Waals surface area contributed by atoms with Crippen molar-refractivity contribution < 1.29 is 23.9 Å². The van der Waals surface area contributed by atoms with Crippen LogP contribution in [0.15, 0.2) is 30.4 Å². The fourth-order valence-corrected chi connectivity index (χ4v) is 3.74. The first kappa shape index (κ1) is 20.8. The Morgan fingerprint density at radius 1 is 1.07 bits per heavy atom. The number of rotatable bonds is 5. The molecule has 29 heavy (non-hydrogen) atoms. The van der Waals surface area contributed by atoms with Crippen molar-refractivity contribution in [3.8, 4) is 0 Å². The number of ether oxygens (including phenoxy) is 1. The summed E-state index contributed by atoms with van der Waals surface area (Å²) in [6.07, 6.45) is 3.71. The second kappa shape index (κ2) is 8.19. The molecular formula is C22H26N2O5. The van der Waals surface area contributed by atoms with Crippen LogP contribution in [0.4, 0.5) is 5.69 Å². The molecule has 1 N–H and O–H groups in total. The molecule has 154 valence electrons. The summed E-state index contributed by atoms with van der Waals surface area (Å²) in [5, 5.41) is 2.75. The largest absolute Gasteiger partial charge is 0.451 e. The average Bonchev–Trinajstić information content (AvgIpc) is 2.94. The van der Waals surface area contributed by atoms with Gasteiger partial charge in [-0.2, -0.15) is 0 Å². The first-order chi connectivity index (χ1) is 13.7. The van der Waals surface area contributed by atoms with Gasteiger partial charge in [0.25, 0.3) is 5.91 Å². The van der Waals surface area contributed by atoms with Crippen LogP contribution < -0.4 is 5.32 Å². The second-order valence-corrected chi connectivity index (χ2v) is 7.76. The van der Waals surface area contributed by atoms with Crippen molar-refractivity contribution >= 4 is 29.4 Å². The number of benzene rings is 1. The smallest absolute Gasteiger partial charge is 0.329 e. The lowest BCUT2D eigenvalue weighted by molar-refractivity contribution is -0.163. The van der Waals surface area contributed by atoms with Crippen LogP contribution in [0.1, 0.15) is 37.8 Å². The molecule has 0 spiro atoms. The van der Waals surface area contributed by atoms with Crippen LogP contribution in [0, 0.1) is 25.7 Å². The van der Waals surface area contributed by atoms with Gasteiger partial charge in [-0.05, 0) is 57.7 Å². The number of nitrogens with one attached hydrogen (secondary N) is 1. The summed E-state index contributed by atoms with van der Waals surface area (Å²) in [7, 11) is 0. The molecule has 1 aliphatic heterocycles. The number of imide groups is 1. The molecule has 4 atom stereocenters. The van der Waals surface area contributed by atoms with Crippen molar-refractivity contribution in [2.24, 2.45) is 11.8 Å².